The number of nitriles is 1. The number of nitrogens with zero attached hydrogens (tertiary/aromatic N) is 2. The highest BCUT2D eigenvalue weighted by molar-refractivity contribution is 5.98. The molecular weight excluding hydrogens is 352 g/mol. The SMILES string of the molecule is CC(C)NC(=O)c1cccc2c1CCCN2CC(=O)Nc1cccc(C#N)c1. The summed E-state index contributed by atoms with van der Waals surface area (Å²) in [5, 5.41) is 14.8. The fourth-order valence-corrected chi connectivity index (χ4v) is 3.46. The Morgan fingerprint density at radius 2 is 2.00 bits per heavy atom. The maximum atomic E-state index is 12.5. The van der Waals surface area contributed by atoms with Gasteiger partial charge in [-0.3, -0.25) is 9.59 Å². The first kappa shape index (κ1) is 19.4. The summed E-state index contributed by atoms with van der Waals surface area (Å²) in [5.74, 6) is -0.230. The van der Waals surface area contributed by atoms with Crippen LogP contribution in [0.4, 0.5) is 11.4 Å². The van der Waals surface area contributed by atoms with Gasteiger partial charge < -0.3 is 15.5 Å². The lowest BCUT2D eigenvalue weighted by molar-refractivity contribution is -0.115. The van der Waals surface area contributed by atoms with Crippen molar-refractivity contribution in [1.29, 1.82) is 5.26 Å². The number of hydrogen-bond donors (Lipinski definition) is 2. The minimum Gasteiger partial charge on any atom is -0.362 e. The molecule has 0 atom stereocenters. The van der Waals surface area contributed by atoms with Crippen LogP contribution in [0, 0.1) is 11.3 Å². The molecule has 2 N–H and O–H groups in total. The Morgan fingerprint density at radius 3 is 2.75 bits per heavy atom. The van der Waals surface area contributed by atoms with Gasteiger partial charge in [-0.25, -0.2) is 0 Å². The maximum absolute atomic E-state index is 12.5. The predicted molar refractivity (Wildman–Crippen MR) is 109 cm³/mol. The molecule has 2 amide bonds. The van der Waals surface area contributed by atoms with Crippen molar-refractivity contribution in [2.45, 2.75) is 32.7 Å². The first-order chi connectivity index (χ1) is 13.5. The van der Waals surface area contributed by atoms with Gasteiger partial charge in [0.1, 0.15) is 0 Å². The molecule has 0 saturated carbocycles. The van der Waals surface area contributed by atoms with Gasteiger partial charge in [-0.05, 0) is 62.6 Å². The maximum Gasteiger partial charge on any atom is 0.251 e. The van der Waals surface area contributed by atoms with E-state index in [4.69, 9.17) is 5.26 Å². The second kappa shape index (κ2) is 8.57. The number of carbonyl (C=O) groups excluding carboxylic acids is 2. The molecule has 2 aromatic rings. The van der Waals surface area contributed by atoms with Gasteiger partial charge in [-0.15, -0.1) is 0 Å². The molecule has 0 radical (unpaired) electrons. The molecule has 6 heteroatoms. The number of carbonyl (C=O) groups is 2. The minimum atomic E-state index is -0.153. The fraction of sp³-hybridized carbons (Fsp3) is 0.318. The first-order valence-electron chi connectivity index (χ1n) is 9.45. The normalized spacial score (nSPS) is 12.9. The van der Waals surface area contributed by atoms with E-state index in [1.165, 1.54) is 0 Å². The number of hydrogen-bond acceptors (Lipinski definition) is 4. The molecule has 1 aliphatic heterocycles. The van der Waals surface area contributed by atoms with Gasteiger partial charge in [-0.1, -0.05) is 12.1 Å². The third-order valence-electron chi connectivity index (χ3n) is 4.62. The average molecular weight is 376 g/mol. The van der Waals surface area contributed by atoms with E-state index in [2.05, 4.69) is 16.7 Å². The Kier molecular flexibility index (Phi) is 5.95. The van der Waals surface area contributed by atoms with Crippen LogP contribution in [-0.4, -0.2) is 30.9 Å². The zero-order chi connectivity index (χ0) is 20.1. The summed E-state index contributed by atoms with van der Waals surface area (Å²) in [7, 11) is 0. The van der Waals surface area contributed by atoms with E-state index in [0.717, 1.165) is 30.6 Å². The molecule has 0 fully saturated rings. The summed E-state index contributed by atoms with van der Waals surface area (Å²) in [6, 6.07) is 14.6. The third kappa shape index (κ3) is 4.49. The number of rotatable bonds is 5. The van der Waals surface area contributed by atoms with Gasteiger partial charge in [0, 0.05) is 29.5 Å². The molecule has 0 saturated heterocycles. The second-order valence-corrected chi connectivity index (χ2v) is 7.20. The summed E-state index contributed by atoms with van der Waals surface area (Å²) in [6.45, 7) is 4.82. The molecule has 2 aromatic carbocycles. The van der Waals surface area contributed by atoms with Crippen molar-refractivity contribution in [3.63, 3.8) is 0 Å². The van der Waals surface area contributed by atoms with E-state index < -0.39 is 0 Å². The van der Waals surface area contributed by atoms with E-state index >= 15 is 0 Å². The highest BCUT2D eigenvalue weighted by Gasteiger charge is 2.23. The molecule has 1 aliphatic rings. The van der Waals surface area contributed by atoms with Gasteiger partial charge in [0.15, 0.2) is 0 Å². The quantitative estimate of drug-likeness (QED) is 0.840. The van der Waals surface area contributed by atoms with Crippen molar-refractivity contribution >= 4 is 23.2 Å². The third-order valence-corrected chi connectivity index (χ3v) is 4.62. The van der Waals surface area contributed by atoms with Gasteiger partial charge >= 0.3 is 0 Å². The second-order valence-electron chi connectivity index (χ2n) is 7.20. The van der Waals surface area contributed by atoms with Crippen LogP contribution in [0.15, 0.2) is 42.5 Å². The molecular formula is C22H24N4O2. The zero-order valence-corrected chi connectivity index (χ0v) is 16.2. The number of amides is 2. The lowest BCUT2D eigenvalue weighted by Crippen LogP contribution is -2.38. The smallest absolute Gasteiger partial charge is 0.251 e. The molecule has 6 nitrogen and oxygen atoms in total. The van der Waals surface area contributed by atoms with Crippen molar-refractivity contribution in [3.8, 4) is 6.07 Å². The summed E-state index contributed by atoms with van der Waals surface area (Å²) in [4.78, 5) is 27.1. The molecule has 1 heterocycles. The monoisotopic (exact) mass is 376 g/mol. The summed E-state index contributed by atoms with van der Waals surface area (Å²) >= 11 is 0. The summed E-state index contributed by atoms with van der Waals surface area (Å²) in [5.41, 5.74) is 3.71. The molecule has 144 valence electrons. The molecule has 0 aromatic heterocycles. The van der Waals surface area contributed by atoms with Crippen LogP contribution < -0.4 is 15.5 Å². The molecule has 28 heavy (non-hydrogen) atoms. The lowest BCUT2D eigenvalue weighted by Gasteiger charge is -2.32. The molecule has 0 bridgehead atoms. The molecule has 0 spiro atoms. The van der Waals surface area contributed by atoms with Crippen LogP contribution in [0.3, 0.4) is 0 Å². The number of anilines is 2. The minimum absolute atomic E-state index is 0.0676. The van der Waals surface area contributed by atoms with E-state index in [1.54, 1.807) is 24.3 Å². The Hall–Kier alpha value is -3.33. The summed E-state index contributed by atoms with van der Waals surface area (Å²) in [6.07, 6.45) is 1.70. The number of nitrogens with one attached hydrogen (secondary N) is 2. The first-order valence-corrected chi connectivity index (χ1v) is 9.45. The zero-order valence-electron chi connectivity index (χ0n) is 16.2. The van der Waals surface area contributed by atoms with E-state index in [-0.39, 0.29) is 24.4 Å². The van der Waals surface area contributed by atoms with Crippen molar-refractivity contribution in [2.24, 2.45) is 0 Å². The number of fused-ring (bicyclic) bond motifs is 1. The molecule has 0 aliphatic carbocycles. The largest absolute Gasteiger partial charge is 0.362 e. The van der Waals surface area contributed by atoms with Crippen LogP contribution in [0.25, 0.3) is 0 Å². The Balaban J connectivity index is 1.76. The van der Waals surface area contributed by atoms with Crippen molar-refractivity contribution in [1.82, 2.24) is 5.32 Å². The Labute approximate surface area is 165 Å². The van der Waals surface area contributed by atoms with E-state index in [1.807, 2.05) is 36.9 Å². The topological polar surface area (TPSA) is 85.2 Å². The van der Waals surface area contributed by atoms with E-state index in [9.17, 15) is 9.59 Å². The van der Waals surface area contributed by atoms with Gasteiger partial charge in [0.2, 0.25) is 5.91 Å². The Morgan fingerprint density at radius 1 is 1.21 bits per heavy atom. The fourth-order valence-electron chi connectivity index (χ4n) is 3.46. The van der Waals surface area contributed by atoms with Crippen molar-refractivity contribution < 1.29 is 9.59 Å². The number of benzene rings is 2. The molecule has 0 unspecified atom stereocenters. The van der Waals surface area contributed by atoms with E-state index in [0.29, 0.717) is 16.8 Å². The van der Waals surface area contributed by atoms with Crippen LogP contribution in [0.5, 0.6) is 0 Å². The van der Waals surface area contributed by atoms with Crippen LogP contribution in [0.2, 0.25) is 0 Å². The van der Waals surface area contributed by atoms with Crippen molar-refractivity contribution in [2.75, 3.05) is 23.3 Å². The van der Waals surface area contributed by atoms with Crippen LogP contribution in [0.1, 0.15) is 41.8 Å². The highest BCUT2D eigenvalue weighted by atomic mass is 16.2. The predicted octanol–water partition coefficient (Wildman–Crippen LogP) is 3.09. The van der Waals surface area contributed by atoms with Crippen LogP contribution >= 0.6 is 0 Å². The van der Waals surface area contributed by atoms with Gasteiger partial charge in [0.25, 0.3) is 5.91 Å². The standard InChI is InChI=1S/C22H24N4O2/c1-15(2)24-22(28)19-8-4-10-20-18(19)9-5-11-26(20)14-21(27)25-17-7-3-6-16(12-17)13-23/h3-4,6-8,10,12,15H,5,9,11,14H2,1-2H3,(H,24,28)(H,25,27). The van der Waals surface area contributed by atoms with Gasteiger partial charge in [0.05, 0.1) is 18.2 Å². The lowest BCUT2D eigenvalue weighted by atomic mass is 9.95. The average Bonchev–Trinajstić information content (AvgIpc) is 2.67. The highest BCUT2D eigenvalue weighted by Crippen LogP contribution is 2.30. The molecule has 3 rings (SSSR count). The summed E-state index contributed by atoms with van der Waals surface area (Å²) < 4.78 is 0. The van der Waals surface area contributed by atoms with Crippen molar-refractivity contribution in [3.05, 3.63) is 59.2 Å². The van der Waals surface area contributed by atoms with Gasteiger partial charge in [-0.2, -0.15) is 5.26 Å². The van der Waals surface area contributed by atoms with Crippen LogP contribution in [-0.2, 0) is 11.2 Å². The Bertz CT molecular complexity index is 930.